The van der Waals surface area contributed by atoms with E-state index in [9.17, 15) is 4.79 Å². The summed E-state index contributed by atoms with van der Waals surface area (Å²) >= 11 is 1.46. The Morgan fingerprint density at radius 2 is 2.22 bits per heavy atom. The molecular formula is C17H19N3O2S. The third-order valence-electron chi connectivity index (χ3n) is 3.76. The van der Waals surface area contributed by atoms with Crippen LogP contribution < -0.4 is 11.1 Å². The van der Waals surface area contributed by atoms with Gasteiger partial charge in [0.2, 0.25) is 0 Å². The number of carbonyl (C=O) groups is 1. The fourth-order valence-electron chi connectivity index (χ4n) is 2.60. The number of hydrogen-bond acceptors (Lipinski definition) is 5. The van der Waals surface area contributed by atoms with Gasteiger partial charge in [-0.25, -0.2) is 4.98 Å². The summed E-state index contributed by atoms with van der Waals surface area (Å²) in [5, 5.41) is 6.66. The number of rotatable bonds is 5. The Morgan fingerprint density at radius 3 is 2.96 bits per heavy atom. The van der Waals surface area contributed by atoms with E-state index in [-0.39, 0.29) is 11.9 Å². The van der Waals surface area contributed by atoms with Crippen molar-refractivity contribution >= 4 is 28.2 Å². The van der Waals surface area contributed by atoms with Crippen LogP contribution in [0.2, 0.25) is 0 Å². The average molecular weight is 329 g/mol. The highest BCUT2D eigenvalue weighted by Gasteiger charge is 2.20. The van der Waals surface area contributed by atoms with E-state index in [4.69, 9.17) is 10.2 Å². The van der Waals surface area contributed by atoms with Crippen molar-refractivity contribution in [2.75, 3.05) is 6.54 Å². The topological polar surface area (TPSA) is 81.2 Å². The van der Waals surface area contributed by atoms with Crippen molar-refractivity contribution in [2.24, 2.45) is 5.73 Å². The lowest BCUT2D eigenvalue weighted by atomic mass is 10.1. The number of aromatic nitrogens is 1. The van der Waals surface area contributed by atoms with Crippen molar-refractivity contribution in [3.05, 3.63) is 51.7 Å². The van der Waals surface area contributed by atoms with Crippen LogP contribution in [0, 0.1) is 6.92 Å². The number of carbonyl (C=O) groups excluding carboxylic acids is 1. The molecule has 0 aliphatic carbocycles. The molecule has 0 fully saturated rings. The Morgan fingerprint density at radius 1 is 1.43 bits per heavy atom. The second-order valence-electron chi connectivity index (χ2n) is 5.45. The van der Waals surface area contributed by atoms with E-state index in [1.165, 1.54) is 11.3 Å². The van der Waals surface area contributed by atoms with Crippen molar-refractivity contribution in [1.29, 1.82) is 0 Å². The number of nitrogens with two attached hydrogens (primary N) is 1. The molecular weight excluding hydrogens is 310 g/mol. The number of amides is 1. The maximum absolute atomic E-state index is 12.3. The molecule has 5 nitrogen and oxygen atoms in total. The molecule has 0 spiro atoms. The first kappa shape index (κ1) is 15.7. The second kappa shape index (κ2) is 6.52. The number of benzene rings is 1. The van der Waals surface area contributed by atoms with Gasteiger partial charge < -0.3 is 15.5 Å². The van der Waals surface area contributed by atoms with Crippen LogP contribution in [-0.4, -0.2) is 17.4 Å². The molecule has 2 aromatic heterocycles. The first-order valence-electron chi connectivity index (χ1n) is 7.53. The van der Waals surface area contributed by atoms with E-state index >= 15 is 0 Å². The molecule has 0 saturated carbocycles. The van der Waals surface area contributed by atoms with Gasteiger partial charge in [0.25, 0.3) is 5.91 Å². The Hall–Kier alpha value is -2.18. The lowest BCUT2D eigenvalue weighted by Crippen LogP contribution is -2.27. The van der Waals surface area contributed by atoms with Crippen molar-refractivity contribution in [2.45, 2.75) is 26.3 Å². The minimum atomic E-state index is -0.227. The van der Waals surface area contributed by atoms with Crippen LogP contribution in [0.1, 0.15) is 39.8 Å². The molecule has 1 unspecified atom stereocenters. The Bertz CT molecular complexity index is 837. The summed E-state index contributed by atoms with van der Waals surface area (Å²) in [5.41, 5.74) is 7.82. The van der Waals surface area contributed by atoms with Gasteiger partial charge in [0.1, 0.15) is 17.0 Å². The minimum Gasteiger partial charge on any atom is -0.459 e. The number of furan rings is 1. The van der Waals surface area contributed by atoms with Gasteiger partial charge in [-0.05, 0) is 26.5 Å². The van der Waals surface area contributed by atoms with Crippen molar-refractivity contribution in [3.63, 3.8) is 0 Å². The van der Waals surface area contributed by atoms with E-state index in [0.717, 1.165) is 27.3 Å². The van der Waals surface area contributed by atoms with Crippen molar-refractivity contribution in [3.8, 4) is 0 Å². The lowest BCUT2D eigenvalue weighted by molar-refractivity contribution is 0.0931. The molecule has 6 heteroatoms. The molecule has 3 rings (SSSR count). The Labute approximate surface area is 138 Å². The zero-order chi connectivity index (χ0) is 16.4. The number of aryl methyl sites for hydroxylation is 1. The molecule has 120 valence electrons. The van der Waals surface area contributed by atoms with Crippen LogP contribution >= 0.6 is 11.3 Å². The van der Waals surface area contributed by atoms with Crippen LogP contribution in [-0.2, 0) is 6.42 Å². The quantitative estimate of drug-likeness (QED) is 0.753. The zero-order valence-electron chi connectivity index (χ0n) is 13.1. The lowest BCUT2D eigenvalue weighted by Gasteiger charge is -2.11. The summed E-state index contributed by atoms with van der Waals surface area (Å²) in [6.07, 6.45) is 0.691. The van der Waals surface area contributed by atoms with Gasteiger partial charge in [0.05, 0.1) is 11.0 Å². The summed E-state index contributed by atoms with van der Waals surface area (Å²) in [6.45, 7) is 4.45. The fraction of sp³-hybridized carbons (Fsp3) is 0.294. The highest BCUT2D eigenvalue weighted by molar-refractivity contribution is 7.09. The number of para-hydroxylation sites is 1. The molecule has 0 aliphatic rings. The van der Waals surface area contributed by atoms with Crippen LogP contribution in [0.3, 0.4) is 0 Å². The van der Waals surface area contributed by atoms with Gasteiger partial charge in [-0.1, -0.05) is 18.2 Å². The number of nitrogens with zero attached hydrogens (tertiary/aromatic N) is 1. The maximum atomic E-state index is 12.3. The van der Waals surface area contributed by atoms with Crippen molar-refractivity contribution < 1.29 is 9.21 Å². The molecule has 3 aromatic rings. The SMILES string of the molecule is Cc1c(C(C)NC(=O)c2csc(CCN)n2)oc2ccccc12. The van der Waals surface area contributed by atoms with E-state index < -0.39 is 0 Å². The largest absolute Gasteiger partial charge is 0.459 e. The highest BCUT2D eigenvalue weighted by Crippen LogP contribution is 2.29. The third kappa shape index (κ3) is 3.13. The molecule has 0 radical (unpaired) electrons. The van der Waals surface area contributed by atoms with E-state index in [1.807, 2.05) is 38.1 Å². The van der Waals surface area contributed by atoms with Crippen molar-refractivity contribution in [1.82, 2.24) is 10.3 Å². The molecule has 2 heterocycles. The predicted molar refractivity (Wildman–Crippen MR) is 91.7 cm³/mol. The van der Waals surface area contributed by atoms with Crippen LogP contribution in [0.4, 0.5) is 0 Å². The zero-order valence-corrected chi connectivity index (χ0v) is 13.9. The summed E-state index contributed by atoms with van der Waals surface area (Å²) in [7, 11) is 0. The van der Waals surface area contributed by atoms with Gasteiger partial charge in [-0.15, -0.1) is 11.3 Å². The van der Waals surface area contributed by atoms with Gasteiger partial charge in [-0.2, -0.15) is 0 Å². The Balaban J connectivity index is 1.78. The predicted octanol–water partition coefficient (Wildman–Crippen LogP) is 3.19. The molecule has 23 heavy (non-hydrogen) atoms. The second-order valence-corrected chi connectivity index (χ2v) is 6.39. The van der Waals surface area contributed by atoms with Crippen LogP contribution in [0.25, 0.3) is 11.0 Å². The smallest absolute Gasteiger partial charge is 0.271 e. The normalized spacial score (nSPS) is 12.5. The summed E-state index contributed by atoms with van der Waals surface area (Å²) in [6, 6.07) is 7.64. The number of hydrogen-bond donors (Lipinski definition) is 2. The van der Waals surface area contributed by atoms with E-state index in [2.05, 4.69) is 10.3 Å². The molecule has 0 bridgehead atoms. The number of fused-ring (bicyclic) bond motifs is 1. The van der Waals surface area contributed by atoms with Gasteiger partial charge in [0.15, 0.2) is 0 Å². The number of thiazole rings is 1. The molecule has 3 N–H and O–H groups in total. The molecule has 0 saturated heterocycles. The minimum absolute atomic E-state index is 0.197. The molecule has 0 aliphatic heterocycles. The monoisotopic (exact) mass is 329 g/mol. The standard InChI is InChI=1S/C17H19N3O2S/c1-10-12-5-3-4-6-14(12)22-16(10)11(2)19-17(21)13-9-23-15(20-13)7-8-18/h3-6,9,11H,7-8,18H2,1-2H3,(H,19,21). The van der Waals surface area contributed by atoms with Gasteiger partial charge in [-0.3, -0.25) is 4.79 Å². The fourth-order valence-corrected chi connectivity index (χ4v) is 3.39. The van der Waals surface area contributed by atoms with Crippen LogP contribution in [0.15, 0.2) is 34.1 Å². The maximum Gasteiger partial charge on any atom is 0.271 e. The molecule has 1 aromatic carbocycles. The summed E-state index contributed by atoms with van der Waals surface area (Å²) in [5.74, 6) is 0.578. The Kier molecular flexibility index (Phi) is 4.45. The van der Waals surface area contributed by atoms with E-state index in [0.29, 0.717) is 18.7 Å². The summed E-state index contributed by atoms with van der Waals surface area (Å²) in [4.78, 5) is 16.6. The molecule has 1 amide bonds. The average Bonchev–Trinajstić information content (AvgIpc) is 3.13. The first-order chi connectivity index (χ1) is 11.1. The van der Waals surface area contributed by atoms with Crippen LogP contribution in [0.5, 0.6) is 0 Å². The first-order valence-corrected chi connectivity index (χ1v) is 8.41. The van der Waals surface area contributed by atoms with E-state index in [1.54, 1.807) is 5.38 Å². The number of nitrogens with one attached hydrogen (secondary N) is 1. The third-order valence-corrected chi connectivity index (χ3v) is 4.67. The van der Waals surface area contributed by atoms with Gasteiger partial charge in [0, 0.05) is 22.8 Å². The highest BCUT2D eigenvalue weighted by atomic mass is 32.1. The van der Waals surface area contributed by atoms with Gasteiger partial charge >= 0.3 is 0 Å². The summed E-state index contributed by atoms with van der Waals surface area (Å²) < 4.78 is 5.89. The molecule has 1 atom stereocenters.